The molecule has 2 aromatic rings. The van der Waals surface area contributed by atoms with Gasteiger partial charge in [-0.05, 0) is 49.6 Å². The Morgan fingerprint density at radius 2 is 1.83 bits per heavy atom. The lowest BCUT2D eigenvalue weighted by atomic mass is 10.1. The Kier molecular flexibility index (Phi) is 11.2. The van der Waals surface area contributed by atoms with Crippen LogP contribution in [-0.2, 0) is 26.2 Å². The molecule has 2 aromatic carbocycles. The van der Waals surface area contributed by atoms with Gasteiger partial charge in [0.1, 0.15) is 11.9 Å². The van der Waals surface area contributed by atoms with Gasteiger partial charge in [-0.2, -0.15) is 0 Å². The van der Waals surface area contributed by atoms with Crippen LogP contribution in [-0.4, -0.2) is 50.5 Å². The minimum Gasteiger partial charge on any atom is -0.354 e. The van der Waals surface area contributed by atoms with Crippen molar-refractivity contribution in [2.24, 2.45) is 0 Å². The van der Waals surface area contributed by atoms with Crippen LogP contribution in [0.2, 0.25) is 0 Å². The van der Waals surface area contributed by atoms with Crippen molar-refractivity contribution >= 4 is 43.5 Å². The van der Waals surface area contributed by atoms with Gasteiger partial charge in [0.05, 0.1) is 11.9 Å². The van der Waals surface area contributed by atoms with Crippen molar-refractivity contribution < 1.29 is 22.4 Å². The zero-order valence-corrected chi connectivity index (χ0v) is 22.7. The molecule has 0 bridgehead atoms. The van der Waals surface area contributed by atoms with Gasteiger partial charge in [0.2, 0.25) is 21.8 Å². The fourth-order valence-corrected chi connectivity index (χ4v) is 5.00. The van der Waals surface area contributed by atoms with Crippen molar-refractivity contribution in [3.8, 4) is 0 Å². The smallest absolute Gasteiger partial charge is 0.242 e. The predicted molar refractivity (Wildman–Crippen MR) is 140 cm³/mol. The highest BCUT2D eigenvalue weighted by molar-refractivity contribution is 9.10. The van der Waals surface area contributed by atoms with Crippen LogP contribution in [0.25, 0.3) is 0 Å². The van der Waals surface area contributed by atoms with E-state index in [0.717, 1.165) is 33.4 Å². The summed E-state index contributed by atoms with van der Waals surface area (Å²) in [5.74, 6) is -1.19. The monoisotopic (exact) mass is 569 g/mol. The van der Waals surface area contributed by atoms with Gasteiger partial charge in [0.25, 0.3) is 0 Å². The fraction of sp³-hybridized carbons (Fsp3) is 0.440. The molecule has 0 heterocycles. The highest BCUT2D eigenvalue weighted by atomic mass is 79.9. The molecule has 0 aliphatic carbocycles. The summed E-state index contributed by atoms with van der Waals surface area (Å²) in [5.41, 5.74) is 0.794. The maximum Gasteiger partial charge on any atom is 0.242 e. The van der Waals surface area contributed by atoms with E-state index in [0.29, 0.717) is 6.54 Å². The van der Waals surface area contributed by atoms with E-state index in [1.54, 1.807) is 13.0 Å². The van der Waals surface area contributed by atoms with E-state index in [9.17, 15) is 22.4 Å². The first-order valence-corrected chi connectivity index (χ1v) is 14.2. The molecule has 35 heavy (non-hydrogen) atoms. The number of carbonyl (C=O) groups is 2. The summed E-state index contributed by atoms with van der Waals surface area (Å²) in [6.45, 7) is 4.40. The molecule has 0 saturated heterocycles. The zero-order chi connectivity index (χ0) is 26.0. The second-order valence-corrected chi connectivity index (χ2v) is 11.2. The molecule has 2 amide bonds. The molecule has 1 atom stereocenters. The molecule has 0 aliphatic heterocycles. The van der Waals surface area contributed by atoms with Crippen molar-refractivity contribution in [2.75, 3.05) is 23.7 Å². The van der Waals surface area contributed by atoms with E-state index < -0.39 is 21.9 Å². The van der Waals surface area contributed by atoms with Crippen LogP contribution in [0.15, 0.2) is 53.0 Å². The predicted octanol–water partition coefficient (Wildman–Crippen LogP) is 4.47. The van der Waals surface area contributed by atoms with Crippen molar-refractivity contribution in [2.45, 2.75) is 52.1 Å². The van der Waals surface area contributed by atoms with E-state index in [2.05, 4.69) is 21.2 Å². The highest BCUT2D eigenvalue weighted by Crippen LogP contribution is 2.22. The lowest BCUT2D eigenvalue weighted by Gasteiger charge is -2.29. The van der Waals surface area contributed by atoms with Crippen molar-refractivity contribution in [3.05, 3.63) is 64.4 Å². The molecule has 1 N–H and O–H groups in total. The number of hydrogen-bond donors (Lipinski definition) is 1. The third-order valence-electron chi connectivity index (χ3n) is 5.51. The molecule has 0 unspecified atom stereocenters. The molecule has 0 spiro atoms. The lowest BCUT2D eigenvalue weighted by molar-refractivity contribution is -0.140. The number of anilines is 1. The summed E-state index contributed by atoms with van der Waals surface area (Å²) in [5, 5.41) is 2.87. The molecule has 0 saturated carbocycles. The minimum atomic E-state index is -3.76. The number of amides is 2. The first kappa shape index (κ1) is 28.8. The molecule has 0 aliphatic rings. The van der Waals surface area contributed by atoms with E-state index >= 15 is 0 Å². The van der Waals surface area contributed by atoms with Gasteiger partial charge < -0.3 is 10.2 Å². The maximum atomic E-state index is 14.3. The summed E-state index contributed by atoms with van der Waals surface area (Å²) in [4.78, 5) is 27.4. The highest BCUT2D eigenvalue weighted by Gasteiger charge is 2.27. The quantitative estimate of drug-likeness (QED) is 0.360. The second-order valence-electron chi connectivity index (χ2n) is 8.36. The maximum absolute atomic E-state index is 14.3. The van der Waals surface area contributed by atoms with Gasteiger partial charge in [0, 0.05) is 30.5 Å². The number of rotatable bonds is 13. The summed E-state index contributed by atoms with van der Waals surface area (Å²) in [6, 6.07) is 12.4. The Labute approximate surface area is 215 Å². The van der Waals surface area contributed by atoms with Gasteiger partial charge in [0.15, 0.2) is 0 Å². The van der Waals surface area contributed by atoms with E-state index in [1.807, 2.05) is 31.2 Å². The van der Waals surface area contributed by atoms with Gasteiger partial charge in [-0.3, -0.25) is 13.9 Å². The number of sulfonamides is 1. The largest absolute Gasteiger partial charge is 0.354 e. The number of nitrogens with zero attached hydrogens (tertiary/aromatic N) is 2. The number of hydrogen-bond acceptors (Lipinski definition) is 4. The molecular formula is C25H33BrFN3O4S. The third-order valence-corrected chi connectivity index (χ3v) is 7.19. The number of para-hydroxylation sites is 1. The average Bonchev–Trinajstić information content (AvgIpc) is 2.80. The zero-order valence-electron chi connectivity index (χ0n) is 20.3. The molecular weight excluding hydrogens is 537 g/mol. The molecule has 0 radical (unpaired) electrons. The van der Waals surface area contributed by atoms with Crippen molar-refractivity contribution in [3.63, 3.8) is 0 Å². The molecule has 2 rings (SSSR count). The third kappa shape index (κ3) is 8.92. The van der Waals surface area contributed by atoms with Crippen LogP contribution in [0.1, 0.15) is 45.1 Å². The standard InChI is InChI=1S/C25H33BrFN3O4S/c1-4-5-15-28-25(32)19(2)29(18-20-10-8-11-21(26)17-20)24(31)14-9-16-30(35(3,33)34)23-13-7-6-12-22(23)27/h6-8,10-13,17,19H,4-5,9,14-16,18H2,1-3H3,(H,28,32)/t19-/m0/s1. The topological polar surface area (TPSA) is 86.8 Å². The van der Waals surface area contributed by atoms with E-state index in [1.165, 1.54) is 23.1 Å². The van der Waals surface area contributed by atoms with Crippen LogP contribution in [0.3, 0.4) is 0 Å². The van der Waals surface area contributed by atoms with E-state index in [-0.39, 0.29) is 43.4 Å². The minimum absolute atomic E-state index is 0.00105. The summed E-state index contributed by atoms with van der Waals surface area (Å²) < 4.78 is 40.7. The van der Waals surface area contributed by atoms with Crippen LogP contribution in [0.4, 0.5) is 10.1 Å². The first-order valence-electron chi connectivity index (χ1n) is 11.6. The molecule has 0 fully saturated rings. The molecule has 10 heteroatoms. The van der Waals surface area contributed by atoms with Crippen LogP contribution < -0.4 is 9.62 Å². The molecule has 0 aromatic heterocycles. The Hall–Kier alpha value is -2.46. The normalized spacial score (nSPS) is 12.1. The van der Waals surface area contributed by atoms with Gasteiger partial charge in [-0.25, -0.2) is 12.8 Å². The number of nitrogens with one attached hydrogen (secondary N) is 1. The lowest BCUT2D eigenvalue weighted by Crippen LogP contribution is -2.48. The van der Waals surface area contributed by atoms with Crippen LogP contribution >= 0.6 is 15.9 Å². The Morgan fingerprint density at radius 3 is 2.46 bits per heavy atom. The number of carbonyl (C=O) groups excluding carboxylic acids is 2. The Morgan fingerprint density at radius 1 is 1.11 bits per heavy atom. The number of halogens is 2. The van der Waals surface area contributed by atoms with Gasteiger partial charge in [-0.1, -0.05) is 53.5 Å². The Bertz CT molecular complexity index is 1110. The number of benzene rings is 2. The summed E-state index contributed by atoms with van der Waals surface area (Å²) in [6.07, 6.45) is 2.95. The van der Waals surface area contributed by atoms with Crippen LogP contribution in [0.5, 0.6) is 0 Å². The number of unbranched alkanes of at least 4 members (excludes halogenated alkanes) is 1. The van der Waals surface area contributed by atoms with E-state index in [4.69, 9.17) is 0 Å². The molecule has 192 valence electrons. The summed E-state index contributed by atoms with van der Waals surface area (Å²) in [7, 11) is -3.76. The van der Waals surface area contributed by atoms with Crippen molar-refractivity contribution in [1.29, 1.82) is 0 Å². The Balaban J connectivity index is 2.15. The van der Waals surface area contributed by atoms with Gasteiger partial charge >= 0.3 is 0 Å². The van der Waals surface area contributed by atoms with Crippen LogP contribution in [0, 0.1) is 5.82 Å². The SMILES string of the molecule is CCCCNC(=O)[C@H](C)N(Cc1cccc(Br)c1)C(=O)CCCN(c1ccccc1F)S(C)(=O)=O. The summed E-state index contributed by atoms with van der Waals surface area (Å²) >= 11 is 3.43. The van der Waals surface area contributed by atoms with Crippen molar-refractivity contribution in [1.82, 2.24) is 10.2 Å². The first-order chi connectivity index (χ1) is 16.5. The van der Waals surface area contributed by atoms with Gasteiger partial charge in [-0.15, -0.1) is 0 Å². The second kappa shape index (κ2) is 13.6. The fourth-order valence-electron chi connectivity index (χ4n) is 3.59. The average molecular weight is 571 g/mol. The molecule has 7 nitrogen and oxygen atoms in total.